The SMILES string of the molecule is Cc1ccc(CS(=O)(=O)Nc2ccc3sc(C(=O)NO)cc3c2)cc1. The van der Waals surface area contributed by atoms with Crippen molar-refractivity contribution in [2.45, 2.75) is 12.7 Å². The van der Waals surface area contributed by atoms with Crippen LogP contribution in [0.5, 0.6) is 0 Å². The number of hydrogen-bond acceptors (Lipinski definition) is 5. The van der Waals surface area contributed by atoms with Gasteiger partial charge in [0, 0.05) is 10.4 Å². The molecule has 3 aromatic rings. The van der Waals surface area contributed by atoms with E-state index in [1.54, 1.807) is 41.9 Å². The van der Waals surface area contributed by atoms with Gasteiger partial charge in [-0.2, -0.15) is 0 Å². The molecule has 0 saturated heterocycles. The van der Waals surface area contributed by atoms with Gasteiger partial charge < -0.3 is 0 Å². The summed E-state index contributed by atoms with van der Waals surface area (Å²) in [4.78, 5) is 11.8. The Morgan fingerprint density at radius 1 is 1.12 bits per heavy atom. The first kappa shape index (κ1) is 17.4. The molecule has 0 saturated carbocycles. The second-order valence-electron chi connectivity index (χ2n) is 5.65. The van der Waals surface area contributed by atoms with E-state index >= 15 is 0 Å². The minimum Gasteiger partial charge on any atom is -0.288 e. The molecule has 6 nitrogen and oxygen atoms in total. The Bertz CT molecular complexity index is 1020. The van der Waals surface area contributed by atoms with Gasteiger partial charge >= 0.3 is 0 Å². The van der Waals surface area contributed by atoms with Gasteiger partial charge in [-0.3, -0.25) is 14.7 Å². The van der Waals surface area contributed by atoms with E-state index in [1.807, 2.05) is 19.1 Å². The number of fused-ring (bicyclic) bond motifs is 1. The summed E-state index contributed by atoms with van der Waals surface area (Å²) in [6.07, 6.45) is 0. The van der Waals surface area contributed by atoms with Crippen molar-refractivity contribution in [2.75, 3.05) is 4.72 Å². The molecule has 0 aliphatic carbocycles. The predicted octanol–water partition coefficient (Wildman–Crippen LogP) is 3.27. The van der Waals surface area contributed by atoms with Crippen LogP contribution in [0.1, 0.15) is 20.8 Å². The summed E-state index contributed by atoms with van der Waals surface area (Å²) in [5.41, 5.74) is 3.79. The minimum absolute atomic E-state index is 0.118. The van der Waals surface area contributed by atoms with E-state index in [0.29, 0.717) is 16.1 Å². The molecule has 3 rings (SSSR count). The van der Waals surface area contributed by atoms with Crippen molar-refractivity contribution in [3.63, 3.8) is 0 Å². The summed E-state index contributed by atoms with van der Waals surface area (Å²) in [5, 5.41) is 9.41. The molecule has 1 heterocycles. The zero-order chi connectivity index (χ0) is 18.0. The maximum absolute atomic E-state index is 12.3. The van der Waals surface area contributed by atoms with Gasteiger partial charge in [0.15, 0.2) is 0 Å². The van der Waals surface area contributed by atoms with Gasteiger partial charge in [-0.15, -0.1) is 11.3 Å². The van der Waals surface area contributed by atoms with Crippen LogP contribution in [-0.4, -0.2) is 19.5 Å². The first-order valence-electron chi connectivity index (χ1n) is 7.40. The zero-order valence-corrected chi connectivity index (χ0v) is 14.9. The topological polar surface area (TPSA) is 95.5 Å². The number of thiophene rings is 1. The van der Waals surface area contributed by atoms with Crippen LogP contribution in [0.15, 0.2) is 48.5 Å². The van der Waals surface area contributed by atoms with Crippen molar-refractivity contribution < 1.29 is 18.4 Å². The van der Waals surface area contributed by atoms with Crippen LogP contribution in [-0.2, 0) is 15.8 Å². The Labute approximate surface area is 149 Å². The third-order valence-corrected chi connectivity index (χ3v) is 5.97. The smallest absolute Gasteiger partial charge is 0.284 e. The summed E-state index contributed by atoms with van der Waals surface area (Å²) in [6, 6.07) is 14.0. The Morgan fingerprint density at radius 3 is 2.52 bits per heavy atom. The molecular formula is C17H16N2O4S2. The van der Waals surface area contributed by atoms with E-state index in [1.165, 1.54) is 11.3 Å². The average Bonchev–Trinajstić information content (AvgIpc) is 2.99. The predicted molar refractivity (Wildman–Crippen MR) is 98.5 cm³/mol. The molecule has 8 heteroatoms. The highest BCUT2D eigenvalue weighted by Crippen LogP contribution is 2.28. The first-order chi connectivity index (χ1) is 11.9. The summed E-state index contributed by atoms with van der Waals surface area (Å²) in [6.45, 7) is 1.94. The van der Waals surface area contributed by atoms with Crippen LogP contribution in [0.2, 0.25) is 0 Å². The molecule has 0 spiro atoms. The number of rotatable bonds is 5. The number of carbonyl (C=O) groups excluding carboxylic acids is 1. The number of sulfonamides is 1. The number of hydrogen-bond donors (Lipinski definition) is 3. The number of benzene rings is 2. The van der Waals surface area contributed by atoms with E-state index in [2.05, 4.69) is 4.72 Å². The third kappa shape index (κ3) is 4.16. The highest BCUT2D eigenvalue weighted by atomic mass is 32.2. The average molecular weight is 376 g/mol. The molecule has 0 unspecified atom stereocenters. The Balaban J connectivity index is 1.81. The number of nitrogens with one attached hydrogen (secondary N) is 2. The largest absolute Gasteiger partial charge is 0.288 e. The van der Waals surface area contributed by atoms with E-state index < -0.39 is 15.9 Å². The Morgan fingerprint density at radius 2 is 1.84 bits per heavy atom. The number of anilines is 1. The fraction of sp³-hybridized carbons (Fsp3) is 0.118. The van der Waals surface area contributed by atoms with E-state index in [-0.39, 0.29) is 5.75 Å². The molecule has 0 fully saturated rings. The maximum Gasteiger partial charge on any atom is 0.284 e. The van der Waals surface area contributed by atoms with E-state index in [0.717, 1.165) is 15.6 Å². The lowest BCUT2D eigenvalue weighted by atomic mass is 10.2. The standard InChI is InChI=1S/C17H16N2O4S2/c1-11-2-4-12(5-3-11)10-25(22,23)19-14-6-7-15-13(8-14)9-16(24-15)17(20)18-21/h2-9,19,21H,10H2,1H3,(H,18,20). The molecule has 0 aliphatic rings. The molecule has 25 heavy (non-hydrogen) atoms. The summed E-state index contributed by atoms with van der Waals surface area (Å²) < 4.78 is 28.1. The van der Waals surface area contributed by atoms with E-state index in [9.17, 15) is 13.2 Å². The quantitative estimate of drug-likeness (QED) is 0.470. The van der Waals surface area contributed by atoms with Gasteiger partial charge in [0.05, 0.1) is 10.6 Å². The summed E-state index contributed by atoms with van der Waals surface area (Å²) in [5.74, 6) is -0.713. The molecule has 0 atom stereocenters. The minimum atomic E-state index is -3.55. The number of carbonyl (C=O) groups is 1. The maximum atomic E-state index is 12.3. The second kappa shape index (κ2) is 6.83. The van der Waals surface area contributed by atoms with Gasteiger partial charge in [-0.25, -0.2) is 13.9 Å². The molecule has 2 aromatic carbocycles. The van der Waals surface area contributed by atoms with Gasteiger partial charge in [-0.05, 0) is 42.1 Å². The van der Waals surface area contributed by atoms with Gasteiger partial charge in [0.1, 0.15) is 0 Å². The molecular weight excluding hydrogens is 360 g/mol. The lowest BCUT2D eigenvalue weighted by molar-refractivity contribution is 0.0711. The fourth-order valence-electron chi connectivity index (χ4n) is 2.39. The molecule has 3 N–H and O–H groups in total. The fourth-order valence-corrected chi connectivity index (χ4v) is 4.52. The number of hydroxylamine groups is 1. The highest BCUT2D eigenvalue weighted by molar-refractivity contribution is 7.91. The Kier molecular flexibility index (Phi) is 4.76. The van der Waals surface area contributed by atoms with Crippen LogP contribution < -0.4 is 10.2 Å². The first-order valence-corrected chi connectivity index (χ1v) is 9.87. The summed E-state index contributed by atoms with van der Waals surface area (Å²) >= 11 is 1.21. The highest BCUT2D eigenvalue weighted by Gasteiger charge is 2.14. The van der Waals surface area contributed by atoms with Crippen LogP contribution in [0.4, 0.5) is 5.69 Å². The van der Waals surface area contributed by atoms with Gasteiger partial charge in [0.2, 0.25) is 10.0 Å². The van der Waals surface area contributed by atoms with Crippen LogP contribution in [0.25, 0.3) is 10.1 Å². The molecule has 130 valence electrons. The van der Waals surface area contributed by atoms with Gasteiger partial charge in [0.25, 0.3) is 5.91 Å². The second-order valence-corrected chi connectivity index (χ2v) is 8.46. The Hall–Kier alpha value is -2.42. The molecule has 0 aliphatic heterocycles. The van der Waals surface area contributed by atoms with E-state index in [4.69, 9.17) is 5.21 Å². The zero-order valence-electron chi connectivity index (χ0n) is 13.3. The van der Waals surface area contributed by atoms with Crippen LogP contribution in [0, 0.1) is 6.92 Å². The van der Waals surface area contributed by atoms with Crippen molar-refractivity contribution in [1.82, 2.24) is 5.48 Å². The van der Waals surface area contributed by atoms with Crippen molar-refractivity contribution in [3.05, 3.63) is 64.5 Å². The van der Waals surface area contributed by atoms with Gasteiger partial charge in [-0.1, -0.05) is 29.8 Å². The van der Waals surface area contributed by atoms with Crippen molar-refractivity contribution >= 4 is 43.0 Å². The van der Waals surface area contributed by atoms with Crippen molar-refractivity contribution in [2.24, 2.45) is 0 Å². The number of aryl methyl sites for hydroxylation is 1. The van der Waals surface area contributed by atoms with Crippen LogP contribution in [0.3, 0.4) is 0 Å². The molecule has 0 radical (unpaired) electrons. The number of amides is 1. The molecule has 1 amide bonds. The third-order valence-electron chi connectivity index (χ3n) is 3.59. The molecule has 1 aromatic heterocycles. The summed E-state index contributed by atoms with van der Waals surface area (Å²) in [7, 11) is -3.55. The van der Waals surface area contributed by atoms with Crippen LogP contribution >= 0.6 is 11.3 Å². The monoisotopic (exact) mass is 376 g/mol. The lowest BCUT2D eigenvalue weighted by Gasteiger charge is -2.08. The molecule has 0 bridgehead atoms. The van der Waals surface area contributed by atoms with Crippen molar-refractivity contribution in [3.8, 4) is 0 Å². The van der Waals surface area contributed by atoms with Crippen molar-refractivity contribution in [1.29, 1.82) is 0 Å². The normalized spacial score (nSPS) is 11.4. The lowest BCUT2D eigenvalue weighted by Crippen LogP contribution is -2.16.